The summed E-state index contributed by atoms with van der Waals surface area (Å²) in [6.07, 6.45) is 5.53. The van der Waals surface area contributed by atoms with Gasteiger partial charge in [-0.3, -0.25) is 14.7 Å². The Hall–Kier alpha value is -2.53. The van der Waals surface area contributed by atoms with Gasteiger partial charge in [0.05, 0.1) is 24.1 Å². The highest BCUT2D eigenvalue weighted by molar-refractivity contribution is 7.88. The van der Waals surface area contributed by atoms with E-state index in [2.05, 4.69) is 33.4 Å². The van der Waals surface area contributed by atoms with Gasteiger partial charge < -0.3 is 15.2 Å². The van der Waals surface area contributed by atoms with E-state index in [0.717, 1.165) is 19.5 Å². The minimum atomic E-state index is -3.19. The van der Waals surface area contributed by atoms with Crippen molar-refractivity contribution in [3.63, 3.8) is 0 Å². The zero-order valence-corrected chi connectivity index (χ0v) is 20.2. The van der Waals surface area contributed by atoms with E-state index in [4.69, 9.17) is 4.74 Å². The number of piperidine rings is 1. The number of nitrogens with zero attached hydrogens (tertiary/aromatic N) is 3. The Labute approximate surface area is 200 Å². The van der Waals surface area contributed by atoms with Crippen LogP contribution in [-0.4, -0.2) is 84.8 Å². The summed E-state index contributed by atoms with van der Waals surface area (Å²) in [5.74, 6) is 0.144. The molecule has 10 heteroatoms. The van der Waals surface area contributed by atoms with Crippen molar-refractivity contribution in [3.05, 3.63) is 59.4 Å². The number of sulfonamides is 1. The molecule has 1 aromatic carbocycles. The molecule has 2 aliphatic rings. The largest absolute Gasteiger partial charge is 0.489 e. The van der Waals surface area contributed by atoms with Crippen LogP contribution in [0.1, 0.15) is 34.3 Å². The highest BCUT2D eigenvalue weighted by atomic mass is 32.2. The third kappa shape index (κ3) is 6.53. The molecule has 0 aliphatic carbocycles. The smallest absolute Gasteiger partial charge is 0.253 e. The van der Waals surface area contributed by atoms with Gasteiger partial charge in [-0.15, -0.1) is 0 Å². The first-order valence-corrected chi connectivity index (χ1v) is 13.4. The fourth-order valence-corrected chi connectivity index (χ4v) is 5.34. The Morgan fingerprint density at radius 1 is 1.21 bits per heavy atom. The molecule has 2 aromatic rings. The highest BCUT2D eigenvalue weighted by Crippen LogP contribution is 2.21. The van der Waals surface area contributed by atoms with Gasteiger partial charge in [0.1, 0.15) is 11.9 Å². The molecule has 0 radical (unpaired) electrons. The number of nitrogens with one attached hydrogen (secondary N) is 1. The lowest BCUT2D eigenvalue weighted by atomic mass is 10.00. The number of aliphatic hydroxyl groups excluding tert-OH is 1. The zero-order chi connectivity index (χ0) is 24.1. The van der Waals surface area contributed by atoms with E-state index in [1.54, 1.807) is 12.3 Å². The van der Waals surface area contributed by atoms with Gasteiger partial charge in [-0.25, -0.2) is 12.7 Å². The summed E-state index contributed by atoms with van der Waals surface area (Å²) in [5.41, 5.74) is 3.00. The number of hydrogen-bond donors (Lipinski definition) is 2. The zero-order valence-electron chi connectivity index (χ0n) is 19.4. The number of benzene rings is 1. The van der Waals surface area contributed by atoms with Crippen molar-refractivity contribution in [3.8, 4) is 5.75 Å². The van der Waals surface area contributed by atoms with Crippen molar-refractivity contribution in [2.75, 3.05) is 39.0 Å². The molecule has 184 valence electrons. The van der Waals surface area contributed by atoms with Crippen LogP contribution in [0.25, 0.3) is 0 Å². The van der Waals surface area contributed by atoms with Gasteiger partial charge in [0.15, 0.2) is 0 Å². The average Bonchev–Trinajstić information content (AvgIpc) is 2.82. The minimum Gasteiger partial charge on any atom is -0.489 e. The van der Waals surface area contributed by atoms with Crippen LogP contribution in [-0.2, 0) is 23.0 Å². The molecule has 2 aliphatic heterocycles. The molecule has 1 saturated heterocycles. The fraction of sp³-hybridized carbons (Fsp3) is 0.500. The molecule has 9 nitrogen and oxygen atoms in total. The number of pyridine rings is 1. The van der Waals surface area contributed by atoms with Crippen LogP contribution in [0.3, 0.4) is 0 Å². The number of rotatable bonds is 8. The normalized spacial score (nSPS) is 18.8. The van der Waals surface area contributed by atoms with E-state index in [1.807, 2.05) is 6.07 Å². The second-order valence-electron chi connectivity index (χ2n) is 9.01. The van der Waals surface area contributed by atoms with E-state index in [1.165, 1.54) is 27.9 Å². The summed E-state index contributed by atoms with van der Waals surface area (Å²) in [6.45, 7) is 3.14. The van der Waals surface area contributed by atoms with Gasteiger partial charge in [0.2, 0.25) is 10.0 Å². The van der Waals surface area contributed by atoms with E-state index >= 15 is 0 Å². The summed E-state index contributed by atoms with van der Waals surface area (Å²) in [6, 6.07) is 9.97. The Morgan fingerprint density at radius 2 is 1.94 bits per heavy atom. The number of β-amino-alcohol motifs (C(OH)–C–C–N with tert-alkyl or cyclic N) is 1. The van der Waals surface area contributed by atoms with Gasteiger partial charge in [0.25, 0.3) is 5.91 Å². The molecular weight excluding hydrogens is 456 g/mol. The van der Waals surface area contributed by atoms with Crippen LogP contribution in [0.15, 0.2) is 42.7 Å². The fourth-order valence-electron chi connectivity index (χ4n) is 4.47. The summed E-state index contributed by atoms with van der Waals surface area (Å²) in [7, 11) is -3.19. The van der Waals surface area contributed by atoms with E-state index in [-0.39, 0.29) is 18.6 Å². The summed E-state index contributed by atoms with van der Waals surface area (Å²) >= 11 is 0. The predicted octanol–water partition coefficient (Wildman–Crippen LogP) is 1.03. The van der Waals surface area contributed by atoms with Crippen LogP contribution < -0.4 is 10.1 Å². The topological polar surface area (TPSA) is 112 Å². The standard InChI is InChI=1S/C24H32N4O5S/c1-34(31,32)28-10-7-22(8-11-28)33-23-12-20(13-25-15-23)24(30)26-14-21(29)17-27-9-6-18-4-2-3-5-19(18)16-27/h2-5,12-13,15,21-22,29H,6-11,14,16-17H2,1H3,(H,26,30). The van der Waals surface area contributed by atoms with Crippen molar-refractivity contribution in [1.82, 2.24) is 19.5 Å². The lowest BCUT2D eigenvalue weighted by Crippen LogP contribution is -2.42. The van der Waals surface area contributed by atoms with E-state index in [0.29, 0.717) is 43.8 Å². The maximum atomic E-state index is 12.6. The van der Waals surface area contributed by atoms with Crippen molar-refractivity contribution >= 4 is 15.9 Å². The number of hydrogen-bond acceptors (Lipinski definition) is 7. The molecule has 3 heterocycles. The number of amides is 1. The van der Waals surface area contributed by atoms with Gasteiger partial charge in [-0.1, -0.05) is 24.3 Å². The SMILES string of the molecule is CS(=O)(=O)N1CCC(Oc2cncc(C(=O)NCC(O)CN3CCc4ccccc4C3)c2)CC1. The van der Waals surface area contributed by atoms with Gasteiger partial charge >= 0.3 is 0 Å². The molecule has 1 fully saturated rings. The van der Waals surface area contributed by atoms with Crippen LogP contribution in [0.5, 0.6) is 5.75 Å². The van der Waals surface area contributed by atoms with Crippen LogP contribution in [0.2, 0.25) is 0 Å². The number of carbonyl (C=O) groups excluding carboxylic acids is 1. The number of carbonyl (C=O) groups is 1. The Kier molecular flexibility index (Phi) is 7.82. The third-order valence-corrected chi connectivity index (χ3v) is 7.63. The Balaban J connectivity index is 1.23. The average molecular weight is 489 g/mol. The first kappa shape index (κ1) is 24.6. The molecule has 1 amide bonds. The van der Waals surface area contributed by atoms with Crippen LogP contribution in [0.4, 0.5) is 0 Å². The van der Waals surface area contributed by atoms with Crippen LogP contribution >= 0.6 is 0 Å². The monoisotopic (exact) mass is 488 g/mol. The van der Waals surface area contributed by atoms with Crippen molar-refractivity contribution in [1.29, 1.82) is 0 Å². The van der Waals surface area contributed by atoms with Gasteiger partial charge in [-0.2, -0.15) is 0 Å². The maximum absolute atomic E-state index is 12.6. The number of ether oxygens (including phenoxy) is 1. The molecule has 1 aromatic heterocycles. The molecule has 0 bridgehead atoms. The van der Waals surface area contributed by atoms with Gasteiger partial charge in [0, 0.05) is 45.5 Å². The first-order valence-electron chi connectivity index (χ1n) is 11.6. The molecular formula is C24H32N4O5S. The second-order valence-corrected chi connectivity index (χ2v) is 11.0. The molecule has 1 unspecified atom stereocenters. The number of aliphatic hydroxyl groups is 1. The molecule has 0 saturated carbocycles. The summed E-state index contributed by atoms with van der Waals surface area (Å²) in [4.78, 5) is 18.9. The Morgan fingerprint density at radius 3 is 2.68 bits per heavy atom. The highest BCUT2D eigenvalue weighted by Gasteiger charge is 2.26. The quantitative estimate of drug-likeness (QED) is 0.571. The molecule has 0 spiro atoms. The summed E-state index contributed by atoms with van der Waals surface area (Å²) in [5, 5.41) is 13.2. The molecule has 34 heavy (non-hydrogen) atoms. The van der Waals surface area contributed by atoms with Crippen LogP contribution in [0, 0.1) is 0 Å². The second kappa shape index (κ2) is 10.8. The summed E-state index contributed by atoms with van der Waals surface area (Å²) < 4.78 is 30.7. The third-order valence-electron chi connectivity index (χ3n) is 6.32. The molecule has 1 atom stereocenters. The molecule has 4 rings (SSSR count). The van der Waals surface area contributed by atoms with Gasteiger partial charge in [-0.05, 0) is 36.5 Å². The number of aromatic nitrogens is 1. The predicted molar refractivity (Wildman–Crippen MR) is 128 cm³/mol. The lowest BCUT2D eigenvalue weighted by molar-refractivity contribution is 0.0840. The van der Waals surface area contributed by atoms with Crippen molar-refractivity contribution < 1.29 is 23.1 Å². The minimum absolute atomic E-state index is 0.130. The lowest BCUT2D eigenvalue weighted by Gasteiger charge is -2.30. The van der Waals surface area contributed by atoms with E-state index in [9.17, 15) is 18.3 Å². The number of fused-ring (bicyclic) bond motifs is 1. The van der Waals surface area contributed by atoms with Crippen molar-refractivity contribution in [2.45, 2.75) is 38.0 Å². The van der Waals surface area contributed by atoms with E-state index < -0.39 is 16.1 Å². The Bertz CT molecular complexity index is 1100. The maximum Gasteiger partial charge on any atom is 0.253 e. The first-order chi connectivity index (χ1) is 16.3. The molecule has 2 N–H and O–H groups in total. The van der Waals surface area contributed by atoms with Crippen molar-refractivity contribution in [2.24, 2.45) is 0 Å².